The minimum atomic E-state index is -5.37. The number of aromatic hydroxyl groups is 1. The van der Waals surface area contributed by atoms with Crippen molar-refractivity contribution in [2.75, 3.05) is 7.11 Å². The fourth-order valence-electron chi connectivity index (χ4n) is 3.08. The zero-order chi connectivity index (χ0) is 25.6. The third kappa shape index (κ3) is 8.42. The fourth-order valence-corrected chi connectivity index (χ4v) is 5.13. The Bertz CT molecular complexity index is 1690. The smallest absolute Gasteiger partial charge is 0.744 e. The number of aryl methyl sites for hydroxylation is 1. The van der Waals surface area contributed by atoms with Gasteiger partial charge in [-0.15, -0.1) is 10.2 Å². The normalized spacial score (nSPS) is 11.9. The molecule has 182 valence electrons. The van der Waals surface area contributed by atoms with Gasteiger partial charge in [-0.25, -0.2) is 25.3 Å². The first-order valence-corrected chi connectivity index (χ1v) is 13.0. The Kier molecular flexibility index (Phi) is 13.4. The number of hydrogen-bond acceptors (Lipinski definition) is 13. The number of phenolic OH excluding ortho intramolecular Hbond substituents is 1. The molecule has 3 aromatic rings. The fraction of sp³-hybridized carbons (Fsp3) is 0.111. The Labute approximate surface area is 278 Å². The van der Waals surface area contributed by atoms with E-state index in [1.165, 1.54) is 6.92 Å². The summed E-state index contributed by atoms with van der Waals surface area (Å²) >= 11 is 0. The van der Waals surface area contributed by atoms with Crippen LogP contribution < -0.4 is 93.4 Å². The van der Waals surface area contributed by atoms with Gasteiger partial charge in [0.15, 0.2) is 0 Å². The average Bonchev–Trinajstić information content (AvgIpc) is 2.70. The quantitative estimate of drug-likeness (QED) is 0.159. The molecule has 1 N–H and O–H groups in total. The van der Waals surface area contributed by atoms with E-state index in [0.29, 0.717) is 6.07 Å². The molecular formula is C18H13N2Na3O11S3. The van der Waals surface area contributed by atoms with E-state index in [9.17, 15) is 44.0 Å². The molecule has 0 fully saturated rings. The van der Waals surface area contributed by atoms with Gasteiger partial charge in [0.2, 0.25) is 0 Å². The molecule has 0 aliphatic carbocycles. The van der Waals surface area contributed by atoms with E-state index in [2.05, 4.69) is 10.2 Å². The summed E-state index contributed by atoms with van der Waals surface area (Å²) in [4.78, 5) is -2.71. The van der Waals surface area contributed by atoms with Gasteiger partial charge in [-0.3, -0.25) is 0 Å². The molecule has 0 aliphatic rings. The molecule has 0 atom stereocenters. The summed E-state index contributed by atoms with van der Waals surface area (Å²) in [5, 5.41) is 17.1. The molecule has 0 unspecified atom stereocenters. The van der Waals surface area contributed by atoms with E-state index in [1.807, 2.05) is 0 Å². The van der Waals surface area contributed by atoms with Gasteiger partial charge in [-0.05, 0) is 42.1 Å². The van der Waals surface area contributed by atoms with E-state index in [-0.39, 0.29) is 111 Å². The number of azo groups is 1. The topological polar surface area (TPSA) is 226 Å². The number of benzene rings is 3. The van der Waals surface area contributed by atoms with Crippen molar-refractivity contribution in [3.63, 3.8) is 0 Å². The number of fused-ring (bicyclic) bond motifs is 1. The molecule has 0 aliphatic heterocycles. The van der Waals surface area contributed by atoms with Crippen LogP contribution in [0.15, 0.2) is 61.3 Å². The molecule has 0 amide bonds. The minimum absolute atomic E-state index is 0. The molecule has 3 aromatic carbocycles. The molecular weight excluding hydrogens is 585 g/mol. The molecule has 0 saturated heterocycles. The predicted molar refractivity (Wildman–Crippen MR) is 111 cm³/mol. The van der Waals surface area contributed by atoms with Crippen molar-refractivity contribution >= 4 is 52.5 Å². The van der Waals surface area contributed by atoms with Crippen molar-refractivity contribution in [3.8, 4) is 11.5 Å². The van der Waals surface area contributed by atoms with E-state index in [4.69, 9.17) is 4.74 Å². The van der Waals surface area contributed by atoms with E-state index < -0.39 is 61.9 Å². The van der Waals surface area contributed by atoms with Crippen LogP contribution in [0.4, 0.5) is 11.4 Å². The summed E-state index contributed by atoms with van der Waals surface area (Å²) in [6.07, 6.45) is 0. The van der Waals surface area contributed by atoms with Gasteiger partial charge in [0.05, 0.1) is 21.8 Å². The van der Waals surface area contributed by atoms with Crippen molar-refractivity contribution in [2.24, 2.45) is 10.2 Å². The Morgan fingerprint density at radius 2 is 1.35 bits per heavy atom. The van der Waals surface area contributed by atoms with Gasteiger partial charge < -0.3 is 23.5 Å². The van der Waals surface area contributed by atoms with Crippen LogP contribution in [0.5, 0.6) is 11.5 Å². The maximum atomic E-state index is 11.8. The summed E-state index contributed by atoms with van der Waals surface area (Å²) in [5.41, 5.74) is -0.712. The Morgan fingerprint density at radius 1 is 0.784 bits per heavy atom. The van der Waals surface area contributed by atoms with Gasteiger partial charge in [-0.1, -0.05) is 6.07 Å². The number of hydrogen-bond donors (Lipinski definition) is 1. The van der Waals surface area contributed by atoms with Crippen LogP contribution >= 0.6 is 0 Å². The molecule has 19 heteroatoms. The molecule has 0 bridgehead atoms. The van der Waals surface area contributed by atoms with Crippen LogP contribution in [0.2, 0.25) is 0 Å². The molecule has 0 heterocycles. The minimum Gasteiger partial charge on any atom is -0.744 e. The maximum Gasteiger partial charge on any atom is 1.00 e. The van der Waals surface area contributed by atoms with Crippen molar-refractivity contribution in [1.82, 2.24) is 0 Å². The van der Waals surface area contributed by atoms with E-state index in [1.54, 1.807) is 0 Å². The Morgan fingerprint density at radius 3 is 1.84 bits per heavy atom. The number of ether oxygens (including phenoxy) is 1. The first kappa shape index (κ1) is 36.8. The van der Waals surface area contributed by atoms with E-state index in [0.717, 1.165) is 37.4 Å². The Hall–Kier alpha value is -0.150. The Balaban J connectivity index is 0.00000432. The van der Waals surface area contributed by atoms with Gasteiger partial charge >= 0.3 is 88.7 Å². The summed E-state index contributed by atoms with van der Waals surface area (Å²) in [7, 11) is -14.2. The third-order valence-electron chi connectivity index (χ3n) is 4.57. The molecule has 3 rings (SSSR count). The number of rotatable bonds is 6. The standard InChI is InChI=1S/C18H16N2O11S3.3Na/c1-9-5-12(14(31-2)8-15(9)33(25,26)27)19-20-18-13(21)4-3-10-6-11(32(22,23)24)7-16(17(10)18)34(28,29)30;;;/h3-8,21H,1-2H3,(H,22,23,24)(H,25,26,27)(H,28,29,30);;;/q;3*+1/p-3. The first-order chi connectivity index (χ1) is 15.5. The zero-order valence-corrected chi connectivity index (χ0v) is 28.6. The zero-order valence-electron chi connectivity index (χ0n) is 20.1. The third-order valence-corrected chi connectivity index (χ3v) is 7.22. The average molecular weight is 598 g/mol. The maximum absolute atomic E-state index is 11.8. The van der Waals surface area contributed by atoms with Crippen molar-refractivity contribution < 1.29 is 137 Å². The summed E-state index contributed by atoms with van der Waals surface area (Å²) in [6, 6.07) is 5.23. The predicted octanol–water partition coefficient (Wildman–Crippen LogP) is -7.00. The molecule has 0 aromatic heterocycles. The molecule has 0 radical (unpaired) electrons. The van der Waals surface area contributed by atoms with Crippen LogP contribution in [0.3, 0.4) is 0 Å². The monoisotopic (exact) mass is 598 g/mol. The van der Waals surface area contributed by atoms with Crippen LogP contribution in [-0.2, 0) is 30.4 Å². The first-order valence-electron chi connectivity index (χ1n) is 8.82. The van der Waals surface area contributed by atoms with Crippen LogP contribution in [0.1, 0.15) is 5.56 Å². The number of nitrogens with zero attached hydrogens (tertiary/aromatic N) is 2. The van der Waals surface area contributed by atoms with Crippen molar-refractivity contribution in [2.45, 2.75) is 21.6 Å². The van der Waals surface area contributed by atoms with Gasteiger partial charge in [0, 0.05) is 11.5 Å². The second-order valence-electron chi connectivity index (χ2n) is 6.80. The summed E-state index contributed by atoms with van der Waals surface area (Å²) in [5.74, 6) is -0.867. The summed E-state index contributed by atoms with van der Waals surface area (Å²) in [6.45, 7) is 1.30. The van der Waals surface area contributed by atoms with Gasteiger partial charge in [0.1, 0.15) is 53.2 Å². The molecule has 0 saturated carbocycles. The largest absolute Gasteiger partial charge is 1.00 e. The summed E-state index contributed by atoms with van der Waals surface area (Å²) < 4.78 is 109. The van der Waals surface area contributed by atoms with Crippen LogP contribution in [-0.4, -0.2) is 51.1 Å². The van der Waals surface area contributed by atoms with Crippen molar-refractivity contribution in [3.05, 3.63) is 42.0 Å². The van der Waals surface area contributed by atoms with Gasteiger partial charge in [0.25, 0.3) is 0 Å². The molecule has 0 spiro atoms. The van der Waals surface area contributed by atoms with Crippen molar-refractivity contribution in [1.29, 1.82) is 0 Å². The SMILES string of the molecule is COc1cc(S(=O)(=O)[O-])c(C)cc1N=Nc1c(O)ccc2cc(S(=O)(=O)[O-])cc(S(=O)(=O)[O-])c12.[Na+].[Na+].[Na+]. The number of phenols is 1. The van der Waals surface area contributed by atoms with Crippen LogP contribution in [0.25, 0.3) is 10.8 Å². The molecule has 13 nitrogen and oxygen atoms in total. The second kappa shape index (κ2) is 13.5. The van der Waals surface area contributed by atoms with Crippen LogP contribution in [0, 0.1) is 6.92 Å². The van der Waals surface area contributed by atoms with E-state index >= 15 is 0 Å². The number of methoxy groups -OCH3 is 1. The second-order valence-corrected chi connectivity index (χ2v) is 10.9. The molecule has 37 heavy (non-hydrogen) atoms. The van der Waals surface area contributed by atoms with Gasteiger partial charge in [-0.2, -0.15) is 0 Å².